The van der Waals surface area contributed by atoms with Gasteiger partial charge in [-0.15, -0.1) is 0 Å². The summed E-state index contributed by atoms with van der Waals surface area (Å²) in [6.07, 6.45) is 2.50. The maximum absolute atomic E-state index is 12.0. The van der Waals surface area contributed by atoms with E-state index in [1.54, 1.807) is 19.1 Å². The summed E-state index contributed by atoms with van der Waals surface area (Å²) in [6, 6.07) is -0.0927. The number of nitrogens with one attached hydrogen (secondary N) is 1. The van der Waals surface area contributed by atoms with Gasteiger partial charge in [0.2, 0.25) is 0 Å². The number of carboxylic acids is 1. The van der Waals surface area contributed by atoms with Crippen LogP contribution in [0.15, 0.2) is 0 Å². The van der Waals surface area contributed by atoms with Crippen LogP contribution in [0.25, 0.3) is 0 Å². The quantitative estimate of drug-likeness (QED) is 0.696. The molecule has 7 heteroatoms. The summed E-state index contributed by atoms with van der Waals surface area (Å²) in [5.74, 6) is -0.343. The first kappa shape index (κ1) is 17.7. The van der Waals surface area contributed by atoms with E-state index in [4.69, 9.17) is 14.6 Å². The van der Waals surface area contributed by atoms with E-state index in [2.05, 4.69) is 5.32 Å². The number of hydrogen-bond donors (Lipinski definition) is 2. The Hall–Kier alpha value is -1.34. The molecule has 0 aromatic rings. The number of likely N-dealkylation sites (tertiary alicyclic amines) is 1. The van der Waals surface area contributed by atoms with E-state index < -0.39 is 5.97 Å². The molecule has 0 saturated carbocycles. The van der Waals surface area contributed by atoms with Crippen molar-refractivity contribution in [1.82, 2.24) is 10.2 Å². The predicted molar refractivity (Wildman–Crippen MR) is 77.2 cm³/mol. The Kier molecular flexibility index (Phi) is 8.07. The van der Waals surface area contributed by atoms with Crippen LogP contribution in [0, 0.1) is 5.92 Å². The first-order valence-corrected chi connectivity index (χ1v) is 7.33. The molecule has 7 nitrogen and oxygen atoms in total. The highest BCUT2D eigenvalue weighted by Gasteiger charge is 2.23. The lowest BCUT2D eigenvalue weighted by Gasteiger charge is -2.32. The van der Waals surface area contributed by atoms with Crippen LogP contribution in [0.4, 0.5) is 4.79 Å². The van der Waals surface area contributed by atoms with Crippen LogP contribution < -0.4 is 5.32 Å². The van der Waals surface area contributed by atoms with Gasteiger partial charge in [0.15, 0.2) is 0 Å². The van der Waals surface area contributed by atoms with Crippen LogP contribution >= 0.6 is 0 Å². The van der Waals surface area contributed by atoms with Crippen molar-refractivity contribution in [2.75, 3.05) is 40.5 Å². The van der Waals surface area contributed by atoms with Gasteiger partial charge in [0.25, 0.3) is 0 Å². The topological polar surface area (TPSA) is 88.1 Å². The number of hydrogen-bond acceptors (Lipinski definition) is 4. The van der Waals surface area contributed by atoms with Gasteiger partial charge in [0, 0.05) is 40.3 Å². The third-order valence-corrected chi connectivity index (χ3v) is 3.84. The summed E-state index contributed by atoms with van der Waals surface area (Å²) in [5, 5.41) is 11.5. The number of amides is 2. The Bertz CT molecular complexity index is 329. The second-order valence-corrected chi connectivity index (χ2v) is 5.36. The third-order valence-electron chi connectivity index (χ3n) is 3.84. The minimum atomic E-state index is -0.751. The van der Waals surface area contributed by atoms with E-state index in [1.165, 1.54) is 0 Å². The molecule has 2 amide bonds. The Labute approximate surface area is 125 Å². The first-order chi connectivity index (χ1) is 10.1. The molecule has 1 aliphatic rings. The van der Waals surface area contributed by atoms with E-state index >= 15 is 0 Å². The molecule has 21 heavy (non-hydrogen) atoms. The van der Waals surface area contributed by atoms with Crippen molar-refractivity contribution in [2.24, 2.45) is 5.92 Å². The van der Waals surface area contributed by atoms with Crippen LogP contribution in [-0.4, -0.2) is 68.6 Å². The number of carboxylic acid groups (broad SMARTS) is 1. The fourth-order valence-electron chi connectivity index (χ4n) is 2.46. The Morgan fingerprint density at radius 2 is 2.00 bits per heavy atom. The fraction of sp³-hybridized carbons (Fsp3) is 0.857. The summed E-state index contributed by atoms with van der Waals surface area (Å²) in [6.45, 7) is 2.21. The third kappa shape index (κ3) is 6.77. The van der Waals surface area contributed by atoms with Gasteiger partial charge in [-0.2, -0.15) is 0 Å². The van der Waals surface area contributed by atoms with Gasteiger partial charge in [-0.05, 0) is 25.2 Å². The molecule has 1 unspecified atom stereocenters. The summed E-state index contributed by atoms with van der Waals surface area (Å²) < 4.78 is 10.2. The molecule has 0 aliphatic carbocycles. The zero-order valence-corrected chi connectivity index (χ0v) is 12.8. The molecule has 1 rings (SSSR count). The second kappa shape index (κ2) is 9.57. The lowest BCUT2D eigenvalue weighted by molar-refractivity contribution is -0.137. The largest absolute Gasteiger partial charge is 0.481 e. The van der Waals surface area contributed by atoms with Crippen LogP contribution in [0.5, 0.6) is 0 Å². The molecule has 0 bridgehead atoms. The van der Waals surface area contributed by atoms with Gasteiger partial charge >= 0.3 is 12.0 Å². The number of piperidine rings is 1. The lowest BCUT2D eigenvalue weighted by Crippen LogP contribution is -2.47. The Balaban J connectivity index is 2.23. The molecule has 1 aliphatic heterocycles. The van der Waals surface area contributed by atoms with E-state index in [-0.39, 0.29) is 18.6 Å². The number of carbonyl (C=O) groups excluding carboxylic acids is 1. The summed E-state index contributed by atoms with van der Waals surface area (Å²) in [4.78, 5) is 24.3. The average molecular weight is 302 g/mol. The molecule has 1 heterocycles. The van der Waals surface area contributed by atoms with Gasteiger partial charge in [0.05, 0.1) is 12.7 Å². The highest BCUT2D eigenvalue weighted by atomic mass is 16.5. The predicted octanol–water partition coefficient (Wildman–Crippen LogP) is 0.934. The lowest BCUT2D eigenvalue weighted by atomic mass is 9.92. The molecule has 2 N–H and O–H groups in total. The Morgan fingerprint density at radius 3 is 2.52 bits per heavy atom. The van der Waals surface area contributed by atoms with Crippen molar-refractivity contribution in [3.63, 3.8) is 0 Å². The highest BCUT2D eigenvalue weighted by molar-refractivity contribution is 5.74. The van der Waals surface area contributed by atoms with Crippen molar-refractivity contribution >= 4 is 12.0 Å². The smallest absolute Gasteiger partial charge is 0.317 e. The summed E-state index contributed by atoms with van der Waals surface area (Å²) in [7, 11) is 3.18. The molecule has 122 valence electrons. The van der Waals surface area contributed by atoms with Crippen LogP contribution in [0.3, 0.4) is 0 Å². The molecular weight excluding hydrogens is 276 g/mol. The van der Waals surface area contributed by atoms with E-state index in [1.807, 2.05) is 0 Å². The number of aliphatic carboxylic acids is 1. The van der Waals surface area contributed by atoms with Crippen LogP contribution in [-0.2, 0) is 14.3 Å². The average Bonchev–Trinajstić information content (AvgIpc) is 2.49. The van der Waals surface area contributed by atoms with Crippen LogP contribution in [0.1, 0.15) is 25.7 Å². The van der Waals surface area contributed by atoms with Crippen molar-refractivity contribution in [1.29, 1.82) is 0 Å². The van der Waals surface area contributed by atoms with E-state index in [0.29, 0.717) is 38.6 Å². The fourth-order valence-corrected chi connectivity index (χ4v) is 2.46. The highest BCUT2D eigenvalue weighted by Crippen LogP contribution is 2.21. The molecule has 0 spiro atoms. The van der Waals surface area contributed by atoms with Gasteiger partial charge in [-0.25, -0.2) is 4.79 Å². The molecule has 1 atom stereocenters. The molecule has 0 radical (unpaired) electrons. The number of methoxy groups -OCH3 is 2. The number of rotatable bonds is 8. The molecule has 1 saturated heterocycles. The van der Waals surface area contributed by atoms with Gasteiger partial charge in [-0.3, -0.25) is 4.79 Å². The number of carbonyl (C=O) groups is 2. The normalized spacial score (nSPS) is 17.5. The first-order valence-electron chi connectivity index (χ1n) is 7.33. The number of urea groups is 1. The SMILES string of the molecule is COCC(CNC(=O)N1CCC(CCC(=O)O)CC1)OC. The molecule has 1 fully saturated rings. The van der Waals surface area contributed by atoms with Gasteiger partial charge < -0.3 is 24.8 Å². The minimum absolute atomic E-state index is 0.0927. The molecule has 0 aromatic carbocycles. The van der Waals surface area contributed by atoms with Crippen molar-refractivity contribution in [3.05, 3.63) is 0 Å². The number of ether oxygens (including phenoxy) is 2. The molecule has 0 aromatic heterocycles. The maximum atomic E-state index is 12.0. The van der Waals surface area contributed by atoms with Crippen molar-refractivity contribution < 1.29 is 24.2 Å². The standard InChI is InChI=1S/C14H26N2O5/c1-20-10-12(21-2)9-15-14(19)16-7-5-11(6-8-16)3-4-13(17)18/h11-12H,3-10H2,1-2H3,(H,15,19)(H,17,18). The summed E-state index contributed by atoms with van der Waals surface area (Å²) in [5.41, 5.74) is 0. The van der Waals surface area contributed by atoms with Crippen molar-refractivity contribution in [3.8, 4) is 0 Å². The monoisotopic (exact) mass is 302 g/mol. The minimum Gasteiger partial charge on any atom is -0.481 e. The van der Waals surface area contributed by atoms with Crippen LogP contribution in [0.2, 0.25) is 0 Å². The maximum Gasteiger partial charge on any atom is 0.317 e. The zero-order valence-electron chi connectivity index (χ0n) is 12.8. The van der Waals surface area contributed by atoms with Gasteiger partial charge in [-0.1, -0.05) is 0 Å². The summed E-state index contributed by atoms with van der Waals surface area (Å²) >= 11 is 0. The van der Waals surface area contributed by atoms with Crippen molar-refractivity contribution in [2.45, 2.75) is 31.8 Å². The zero-order chi connectivity index (χ0) is 15.7. The van der Waals surface area contributed by atoms with Gasteiger partial charge in [0.1, 0.15) is 0 Å². The van der Waals surface area contributed by atoms with E-state index in [0.717, 1.165) is 12.8 Å². The second-order valence-electron chi connectivity index (χ2n) is 5.36. The van der Waals surface area contributed by atoms with E-state index in [9.17, 15) is 9.59 Å². The number of nitrogens with zero attached hydrogens (tertiary/aromatic N) is 1. The molecular formula is C14H26N2O5. The Morgan fingerprint density at radius 1 is 1.33 bits per heavy atom.